The summed E-state index contributed by atoms with van der Waals surface area (Å²) < 4.78 is 29.1. The summed E-state index contributed by atoms with van der Waals surface area (Å²) in [4.78, 5) is 12.3. The Morgan fingerprint density at radius 2 is 1.65 bits per heavy atom. The van der Waals surface area contributed by atoms with Crippen LogP contribution in [0.1, 0.15) is 36.9 Å². The van der Waals surface area contributed by atoms with E-state index in [1.807, 2.05) is 37.3 Å². The minimum absolute atomic E-state index is 0.0360. The highest BCUT2D eigenvalue weighted by atomic mass is 19.3. The first-order chi connectivity index (χ1) is 12.5. The van der Waals surface area contributed by atoms with Gasteiger partial charge in [0, 0.05) is 6.04 Å². The predicted octanol–water partition coefficient (Wildman–Crippen LogP) is 3.63. The molecule has 138 valence electrons. The number of carbonyl (C=O) groups excluding carboxylic acids is 1. The minimum atomic E-state index is -2.85. The Hall–Kier alpha value is -2.47. The molecule has 0 radical (unpaired) electrons. The van der Waals surface area contributed by atoms with Gasteiger partial charge in [-0.1, -0.05) is 42.5 Å². The van der Waals surface area contributed by atoms with Gasteiger partial charge in [-0.2, -0.15) is 8.78 Å². The highest BCUT2D eigenvalue weighted by Crippen LogP contribution is 2.25. The Morgan fingerprint density at radius 1 is 1.04 bits per heavy atom. The molecule has 1 aliphatic rings. The van der Waals surface area contributed by atoms with Gasteiger partial charge in [-0.05, 0) is 43.0 Å². The molecule has 0 bridgehead atoms. The van der Waals surface area contributed by atoms with Gasteiger partial charge in [0.2, 0.25) is 5.91 Å². The van der Waals surface area contributed by atoms with Gasteiger partial charge in [0.25, 0.3) is 0 Å². The zero-order valence-corrected chi connectivity index (χ0v) is 14.5. The smallest absolute Gasteiger partial charge is 0.387 e. The molecule has 0 aromatic heterocycles. The first-order valence-electron chi connectivity index (χ1n) is 8.69. The molecule has 0 spiro atoms. The molecular weight excluding hydrogens is 338 g/mol. The van der Waals surface area contributed by atoms with E-state index in [0.29, 0.717) is 6.04 Å². The number of benzene rings is 2. The van der Waals surface area contributed by atoms with Crippen LogP contribution in [-0.2, 0) is 4.79 Å². The van der Waals surface area contributed by atoms with Crippen LogP contribution < -0.4 is 15.4 Å². The molecule has 2 N–H and O–H groups in total. The fraction of sp³-hybridized carbons (Fsp3) is 0.350. The fourth-order valence-electron chi connectivity index (χ4n) is 2.75. The van der Waals surface area contributed by atoms with E-state index in [0.717, 1.165) is 24.0 Å². The number of alkyl halides is 2. The van der Waals surface area contributed by atoms with E-state index in [1.54, 1.807) is 12.1 Å². The van der Waals surface area contributed by atoms with Crippen molar-refractivity contribution >= 4 is 5.91 Å². The van der Waals surface area contributed by atoms with E-state index in [1.165, 1.54) is 12.1 Å². The molecule has 26 heavy (non-hydrogen) atoms. The lowest BCUT2D eigenvalue weighted by molar-refractivity contribution is -0.123. The molecule has 1 saturated carbocycles. The summed E-state index contributed by atoms with van der Waals surface area (Å²) in [5.74, 6) is 0.0705. The summed E-state index contributed by atoms with van der Waals surface area (Å²) in [7, 11) is 0. The lowest BCUT2D eigenvalue weighted by Gasteiger charge is -2.24. The Morgan fingerprint density at radius 3 is 2.23 bits per heavy atom. The van der Waals surface area contributed by atoms with Crippen LogP contribution in [0.5, 0.6) is 5.75 Å². The number of ether oxygens (including phenoxy) is 1. The average Bonchev–Trinajstić information content (AvgIpc) is 3.44. The maximum Gasteiger partial charge on any atom is 0.387 e. The Labute approximate surface area is 151 Å². The van der Waals surface area contributed by atoms with E-state index in [2.05, 4.69) is 15.4 Å². The largest absolute Gasteiger partial charge is 0.435 e. The fourth-order valence-corrected chi connectivity index (χ4v) is 2.75. The number of amides is 1. The number of hydrogen-bond acceptors (Lipinski definition) is 3. The Bertz CT molecular complexity index is 718. The van der Waals surface area contributed by atoms with E-state index >= 15 is 0 Å². The molecule has 0 heterocycles. The molecule has 2 atom stereocenters. The topological polar surface area (TPSA) is 50.4 Å². The lowest BCUT2D eigenvalue weighted by Crippen LogP contribution is -2.44. The number of rotatable bonds is 8. The molecule has 1 aliphatic carbocycles. The summed E-state index contributed by atoms with van der Waals surface area (Å²) in [5.41, 5.74) is 1.85. The molecule has 1 fully saturated rings. The average molecular weight is 360 g/mol. The van der Waals surface area contributed by atoms with Gasteiger partial charge < -0.3 is 10.1 Å². The Kier molecular flexibility index (Phi) is 5.83. The molecular formula is C20H22F2N2O2. The zero-order chi connectivity index (χ0) is 18.5. The van der Waals surface area contributed by atoms with Gasteiger partial charge in [0.05, 0.1) is 12.1 Å². The highest BCUT2D eigenvalue weighted by molar-refractivity contribution is 5.82. The van der Waals surface area contributed by atoms with Crippen LogP contribution in [0.3, 0.4) is 0 Å². The maximum atomic E-state index is 12.3. The van der Waals surface area contributed by atoms with Gasteiger partial charge in [0.15, 0.2) is 0 Å². The van der Waals surface area contributed by atoms with Crippen LogP contribution in [0.2, 0.25) is 0 Å². The summed E-state index contributed by atoms with van der Waals surface area (Å²) in [5, 5.41) is 6.33. The van der Waals surface area contributed by atoms with E-state index in [-0.39, 0.29) is 17.7 Å². The van der Waals surface area contributed by atoms with Crippen LogP contribution in [0.4, 0.5) is 8.78 Å². The van der Waals surface area contributed by atoms with Crippen molar-refractivity contribution in [3.8, 4) is 5.75 Å². The molecule has 4 nitrogen and oxygen atoms in total. The molecule has 3 rings (SSSR count). The molecule has 0 unspecified atom stereocenters. The summed E-state index contributed by atoms with van der Waals surface area (Å²) in [6, 6.07) is 15.8. The molecule has 6 heteroatoms. The molecule has 2 aromatic rings. The van der Waals surface area contributed by atoms with E-state index in [4.69, 9.17) is 0 Å². The summed E-state index contributed by atoms with van der Waals surface area (Å²) >= 11 is 0. The maximum absolute atomic E-state index is 12.3. The van der Waals surface area contributed by atoms with Crippen molar-refractivity contribution in [2.45, 2.75) is 44.5 Å². The van der Waals surface area contributed by atoms with E-state index < -0.39 is 12.7 Å². The third kappa shape index (κ3) is 5.02. The lowest BCUT2D eigenvalue weighted by atomic mass is 9.97. The van der Waals surface area contributed by atoms with Crippen molar-refractivity contribution in [2.75, 3.05) is 0 Å². The third-order valence-corrected chi connectivity index (χ3v) is 4.31. The standard InChI is InChI=1S/C20H22F2N2O2/c1-13(19(25)24-16-9-10-16)23-18(14-5-3-2-4-6-14)15-7-11-17(12-8-15)26-20(21)22/h2-8,11-13,16,18,20,23H,9-10H2,1H3,(H,24,25)/t13-,18-/m0/s1. The first kappa shape index (κ1) is 18.3. The van der Waals surface area contributed by atoms with Crippen molar-refractivity contribution in [3.63, 3.8) is 0 Å². The third-order valence-electron chi connectivity index (χ3n) is 4.31. The molecule has 0 saturated heterocycles. The minimum Gasteiger partial charge on any atom is -0.435 e. The van der Waals surface area contributed by atoms with Crippen LogP contribution in [-0.4, -0.2) is 24.6 Å². The monoisotopic (exact) mass is 360 g/mol. The second-order valence-corrected chi connectivity index (χ2v) is 6.46. The van der Waals surface area contributed by atoms with Crippen molar-refractivity contribution in [3.05, 3.63) is 65.7 Å². The molecule has 2 aromatic carbocycles. The van der Waals surface area contributed by atoms with Crippen molar-refractivity contribution in [1.82, 2.24) is 10.6 Å². The quantitative estimate of drug-likeness (QED) is 0.756. The number of nitrogens with one attached hydrogen (secondary N) is 2. The first-order valence-corrected chi connectivity index (χ1v) is 8.69. The number of halogens is 2. The van der Waals surface area contributed by atoms with Crippen molar-refractivity contribution in [1.29, 1.82) is 0 Å². The normalized spacial score (nSPS) is 16.2. The van der Waals surface area contributed by atoms with Crippen LogP contribution >= 0.6 is 0 Å². The van der Waals surface area contributed by atoms with Gasteiger partial charge in [0.1, 0.15) is 5.75 Å². The molecule has 0 aliphatic heterocycles. The van der Waals surface area contributed by atoms with Crippen LogP contribution in [0, 0.1) is 0 Å². The van der Waals surface area contributed by atoms with Gasteiger partial charge >= 0.3 is 6.61 Å². The van der Waals surface area contributed by atoms with E-state index in [9.17, 15) is 13.6 Å². The second kappa shape index (κ2) is 8.27. The van der Waals surface area contributed by atoms with Gasteiger partial charge in [-0.3, -0.25) is 10.1 Å². The highest BCUT2D eigenvalue weighted by Gasteiger charge is 2.27. The van der Waals surface area contributed by atoms with Crippen LogP contribution in [0.15, 0.2) is 54.6 Å². The molecule has 1 amide bonds. The van der Waals surface area contributed by atoms with Gasteiger partial charge in [-0.15, -0.1) is 0 Å². The number of carbonyl (C=O) groups is 1. The van der Waals surface area contributed by atoms with Crippen molar-refractivity contribution in [2.24, 2.45) is 0 Å². The SMILES string of the molecule is C[C@H](N[C@@H](c1ccccc1)c1ccc(OC(F)F)cc1)C(=O)NC1CC1. The van der Waals surface area contributed by atoms with Crippen molar-refractivity contribution < 1.29 is 18.3 Å². The summed E-state index contributed by atoms with van der Waals surface area (Å²) in [6.07, 6.45) is 2.07. The van der Waals surface area contributed by atoms with Crippen LogP contribution in [0.25, 0.3) is 0 Å². The van der Waals surface area contributed by atoms with Gasteiger partial charge in [-0.25, -0.2) is 0 Å². The predicted molar refractivity (Wildman–Crippen MR) is 95.1 cm³/mol. The Balaban J connectivity index is 1.78. The number of hydrogen-bond donors (Lipinski definition) is 2. The zero-order valence-electron chi connectivity index (χ0n) is 14.5. The summed E-state index contributed by atoms with van der Waals surface area (Å²) in [6.45, 7) is -1.03. The second-order valence-electron chi connectivity index (χ2n) is 6.46.